The largest absolute Gasteiger partial charge is 0.445 e. The zero-order valence-electron chi connectivity index (χ0n) is 15.6. The summed E-state index contributed by atoms with van der Waals surface area (Å²) in [5, 5.41) is 7.51. The van der Waals surface area contributed by atoms with E-state index in [4.69, 9.17) is 9.47 Å². The molecule has 0 aliphatic rings. The van der Waals surface area contributed by atoms with Gasteiger partial charge >= 0.3 is 12.2 Å². The van der Waals surface area contributed by atoms with Gasteiger partial charge < -0.3 is 25.4 Å². The first kappa shape index (κ1) is 21.3. The Morgan fingerprint density at radius 3 is 2.31 bits per heavy atom. The molecule has 1 aromatic carbocycles. The third-order valence-corrected chi connectivity index (χ3v) is 3.17. The predicted molar refractivity (Wildman–Crippen MR) is 96.5 cm³/mol. The van der Waals surface area contributed by atoms with E-state index < -0.39 is 23.8 Å². The minimum Gasteiger partial charge on any atom is -0.445 e. The van der Waals surface area contributed by atoms with Crippen molar-refractivity contribution in [2.45, 2.75) is 45.4 Å². The summed E-state index contributed by atoms with van der Waals surface area (Å²) in [5.74, 6) is -0.379. The van der Waals surface area contributed by atoms with Gasteiger partial charge in [-0.05, 0) is 32.8 Å². The summed E-state index contributed by atoms with van der Waals surface area (Å²) in [5.41, 5.74) is 0.203. The van der Waals surface area contributed by atoms with Crippen LogP contribution in [0.2, 0.25) is 0 Å². The Balaban J connectivity index is 2.40. The topological polar surface area (TPSA) is 106 Å². The molecule has 1 unspecified atom stereocenters. The van der Waals surface area contributed by atoms with E-state index in [9.17, 15) is 14.4 Å². The number of ether oxygens (including phenoxy) is 2. The van der Waals surface area contributed by atoms with Crippen LogP contribution in [-0.4, -0.2) is 43.3 Å². The van der Waals surface area contributed by atoms with Gasteiger partial charge in [-0.15, -0.1) is 0 Å². The van der Waals surface area contributed by atoms with Crippen LogP contribution in [0.4, 0.5) is 9.59 Å². The lowest BCUT2D eigenvalue weighted by Crippen LogP contribution is -2.48. The molecule has 0 aliphatic carbocycles. The number of likely N-dealkylation sites (N-methyl/N-ethyl adjacent to an activating group) is 1. The molecule has 0 aliphatic heterocycles. The fourth-order valence-electron chi connectivity index (χ4n) is 1.99. The van der Waals surface area contributed by atoms with Crippen LogP contribution in [-0.2, 0) is 20.9 Å². The second-order valence-corrected chi connectivity index (χ2v) is 6.59. The van der Waals surface area contributed by atoms with E-state index in [-0.39, 0.29) is 25.5 Å². The van der Waals surface area contributed by atoms with Crippen molar-refractivity contribution in [1.82, 2.24) is 16.0 Å². The van der Waals surface area contributed by atoms with Gasteiger partial charge in [-0.25, -0.2) is 9.59 Å². The van der Waals surface area contributed by atoms with E-state index in [1.807, 2.05) is 30.3 Å². The SMILES string of the molecule is CNC(=O)C(CCNC(=O)OCc1ccccc1)NC(=O)OC(C)(C)C. The van der Waals surface area contributed by atoms with Gasteiger partial charge in [0.05, 0.1) is 0 Å². The van der Waals surface area contributed by atoms with Gasteiger partial charge in [0, 0.05) is 13.6 Å². The van der Waals surface area contributed by atoms with E-state index in [0.717, 1.165) is 5.56 Å². The molecule has 1 aromatic rings. The monoisotopic (exact) mass is 365 g/mol. The van der Waals surface area contributed by atoms with Gasteiger partial charge in [0.1, 0.15) is 18.2 Å². The summed E-state index contributed by atoms with van der Waals surface area (Å²) >= 11 is 0. The van der Waals surface area contributed by atoms with Gasteiger partial charge in [-0.2, -0.15) is 0 Å². The average molecular weight is 365 g/mol. The number of rotatable bonds is 7. The van der Waals surface area contributed by atoms with E-state index in [1.165, 1.54) is 7.05 Å². The standard InChI is InChI=1S/C18H27N3O5/c1-18(2,3)26-17(24)21-14(15(22)19-4)10-11-20-16(23)25-12-13-8-6-5-7-9-13/h5-9,14H,10-12H2,1-4H3,(H,19,22)(H,20,23)(H,21,24). The van der Waals surface area contributed by atoms with E-state index >= 15 is 0 Å². The molecule has 3 N–H and O–H groups in total. The second kappa shape index (κ2) is 10.3. The van der Waals surface area contributed by atoms with Crippen LogP contribution in [0.5, 0.6) is 0 Å². The molecule has 0 aromatic heterocycles. The summed E-state index contributed by atoms with van der Waals surface area (Å²) in [7, 11) is 1.47. The quantitative estimate of drug-likeness (QED) is 0.685. The average Bonchev–Trinajstić information content (AvgIpc) is 2.57. The van der Waals surface area contributed by atoms with Crippen molar-refractivity contribution in [3.63, 3.8) is 0 Å². The summed E-state index contributed by atoms with van der Waals surface area (Å²) in [4.78, 5) is 35.4. The van der Waals surface area contributed by atoms with Crippen LogP contribution in [0.3, 0.4) is 0 Å². The van der Waals surface area contributed by atoms with Gasteiger partial charge in [-0.3, -0.25) is 4.79 Å². The Morgan fingerprint density at radius 1 is 1.08 bits per heavy atom. The highest BCUT2D eigenvalue weighted by atomic mass is 16.6. The van der Waals surface area contributed by atoms with E-state index in [1.54, 1.807) is 20.8 Å². The summed E-state index contributed by atoms with van der Waals surface area (Å²) < 4.78 is 10.2. The Hall–Kier alpha value is -2.77. The first-order valence-electron chi connectivity index (χ1n) is 8.37. The Morgan fingerprint density at radius 2 is 1.73 bits per heavy atom. The molecule has 1 rings (SSSR count). The van der Waals surface area contributed by atoms with Gasteiger partial charge in [0.2, 0.25) is 5.91 Å². The lowest BCUT2D eigenvalue weighted by Gasteiger charge is -2.23. The Labute approximate surface area is 153 Å². The highest BCUT2D eigenvalue weighted by Crippen LogP contribution is 2.07. The number of nitrogens with one attached hydrogen (secondary N) is 3. The zero-order chi connectivity index (χ0) is 19.6. The molecule has 0 saturated heterocycles. The van der Waals surface area contributed by atoms with Crippen LogP contribution < -0.4 is 16.0 Å². The first-order valence-corrected chi connectivity index (χ1v) is 8.37. The van der Waals surface area contributed by atoms with Crippen molar-refractivity contribution in [2.24, 2.45) is 0 Å². The molecule has 144 valence electrons. The first-order chi connectivity index (χ1) is 12.2. The van der Waals surface area contributed by atoms with Crippen molar-refractivity contribution in [3.05, 3.63) is 35.9 Å². The molecule has 0 heterocycles. The van der Waals surface area contributed by atoms with Crippen molar-refractivity contribution in [1.29, 1.82) is 0 Å². The number of benzene rings is 1. The zero-order valence-corrected chi connectivity index (χ0v) is 15.6. The van der Waals surface area contributed by atoms with Crippen LogP contribution in [0, 0.1) is 0 Å². The van der Waals surface area contributed by atoms with Crippen LogP contribution in [0.1, 0.15) is 32.8 Å². The van der Waals surface area contributed by atoms with Crippen LogP contribution >= 0.6 is 0 Å². The fraction of sp³-hybridized carbons (Fsp3) is 0.500. The number of carbonyl (C=O) groups is 3. The Kier molecular flexibility index (Phi) is 8.41. The van der Waals surface area contributed by atoms with Crippen molar-refractivity contribution >= 4 is 18.1 Å². The highest BCUT2D eigenvalue weighted by molar-refractivity contribution is 5.85. The van der Waals surface area contributed by atoms with Crippen LogP contribution in [0.25, 0.3) is 0 Å². The molecular weight excluding hydrogens is 338 g/mol. The molecule has 3 amide bonds. The molecular formula is C18H27N3O5. The Bertz CT molecular complexity index is 599. The summed E-state index contributed by atoms with van der Waals surface area (Å²) in [6, 6.07) is 8.45. The van der Waals surface area contributed by atoms with Crippen molar-refractivity contribution in [3.8, 4) is 0 Å². The predicted octanol–water partition coefficient (Wildman–Crippen LogP) is 1.94. The number of hydrogen-bond donors (Lipinski definition) is 3. The molecule has 8 heteroatoms. The van der Waals surface area contributed by atoms with Gasteiger partial charge in [0.15, 0.2) is 0 Å². The molecule has 0 saturated carbocycles. The minimum atomic E-state index is -0.829. The molecule has 0 bridgehead atoms. The maximum Gasteiger partial charge on any atom is 0.408 e. The van der Waals surface area contributed by atoms with E-state index in [2.05, 4.69) is 16.0 Å². The number of amides is 3. The molecule has 26 heavy (non-hydrogen) atoms. The fourth-order valence-corrected chi connectivity index (χ4v) is 1.99. The lowest BCUT2D eigenvalue weighted by atomic mass is 10.2. The normalized spacial score (nSPS) is 11.8. The molecule has 0 fully saturated rings. The van der Waals surface area contributed by atoms with Crippen molar-refractivity contribution < 1.29 is 23.9 Å². The number of alkyl carbamates (subject to hydrolysis) is 2. The van der Waals surface area contributed by atoms with Crippen molar-refractivity contribution in [2.75, 3.05) is 13.6 Å². The van der Waals surface area contributed by atoms with Gasteiger partial charge in [-0.1, -0.05) is 30.3 Å². The summed E-state index contributed by atoms with van der Waals surface area (Å²) in [6.45, 7) is 5.49. The maximum atomic E-state index is 11.9. The van der Waals surface area contributed by atoms with Gasteiger partial charge in [0.25, 0.3) is 0 Å². The number of carbonyl (C=O) groups excluding carboxylic acids is 3. The molecule has 8 nitrogen and oxygen atoms in total. The summed E-state index contributed by atoms with van der Waals surface area (Å²) in [6.07, 6.45) is -1.10. The maximum absolute atomic E-state index is 11.9. The van der Waals surface area contributed by atoms with E-state index in [0.29, 0.717) is 0 Å². The minimum absolute atomic E-state index is 0.154. The second-order valence-electron chi connectivity index (χ2n) is 6.59. The lowest BCUT2D eigenvalue weighted by molar-refractivity contribution is -0.122. The molecule has 0 radical (unpaired) electrons. The van der Waals surface area contributed by atoms with Crippen LogP contribution in [0.15, 0.2) is 30.3 Å². The third kappa shape index (κ3) is 8.91. The number of hydrogen-bond acceptors (Lipinski definition) is 5. The molecule has 0 spiro atoms. The molecule has 1 atom stereocenters. The highest BCUT2D eigenvalue weighted by Gasteiger charge is 2.23. The third-order valence-electron chi connectivity index (χ3n) is 3.17. The smallest absolute Gasteiger partial charge is 0.408 e.